The topological polar surface area (TPSA) is 38.3 Å². The number of anilines is 1. The number of amides is 1. The Bertz CT molecular complexity index is 632. The van der Waals surface area contributed by atoms with Gasteiger partial charge in [-0.25, -0.2) is 0 Å². The summed E-state index contributed by atoms with van der Waals surface area (Å²) in [6.45, 7) is 7.79. The lowest BCUT2D eigenvalue weighted by molar-refractivity contribution is -0.122. The molecule has 0 saturated carbocycles. The zero-order valence-corrected chi connectivity index (χ0v) is 12.9. The van der Waals surface area contributed by atoms with Crippen LogP contribution in [0, 0.1) is 20.8 Å². The van der Waals surface area contributed by atoms with Crippen LogP contribution in [-0.4, -0.2) is 12.0 Å². The van der Waals surface area contributed by atoms with Crippen LogP contribution in [0.1, 0.15) is 23.6 Å². The third-order valence-corrected chi connectivity index (χ3v) is 3.57. The van der Waals surface area contributed by atoms with E-state index in [0.717, 1.165) is 22.4 Å². The highest BCUT2D eigenvalue weighted by molar-refractivity contribution is 5.94. The van der Waals surface area contributed by atoms with Gasteiger partial charge in [-0.05, 0) is 57.0 Å². The summed E-state index contributed by atoms with van der Waals surface area (Å²) in [5.41, 5.74) is 4.22. The maximum absolute atomic E-state index is 12.2. The quantitative estimate of drug-likeness (QED) is 0.920. The second-order valence-electron chi connectivity index (χ2n) is 5.31. The average Bonchev–Trinajstić information content (AvgIpc) is 2.46. The van der Waals surface area contributed by atoms with Gasteiger partial charge in [0.05, 0.1) is 0 Å². The minimum absolute atomic E-state index is 0.149. The molecule has 21 heavy (non-hydrogen) atoms. The van der Waals surface area contributed by atoms with Crippen molar-refractivity contribution in [3.63, 3.8) is 0 Å². The number of benzene rings is 2. The van der Waals surface area contributed by atoms with Crippen LogP contribution in [0.4, 0.5) is 5.69 Å². The average molecular weight is 283 g/mol. The summed E-state index contributed by atoms with van der Waals surface area (Å²) in [5, 5.41) is 2.92. The molecule has 0 aliphatic rings. The molecule has 1 atom stereocenters. The van der Waals surface area contributed by atoms with Gasteiger partial charge < -0.3 is 10.1 Å². The Morgan fingerprint density at radius 3 is 2.38 bits per heavy atom. The minimum Gasteiger partial charge on any atom is -0.481 e. The first-order valence-corrected chi connectivity index (χ1v) is 7.08. The molecule has 3 heteroatoms. The zero-order chi connectivity index (χ0) is 15.4. The maximum atomic E-state index is 12.2. The molecule has 3 nitrogen and oxygen atoms in total. The molecule has 0 heterocycles. The van der Waals surface area contributed by atoms with Gasteiger partial charge in [0.15, 0.2) is 6.10 Å². The first-order chi connectivity index (χ1) is 9.97. The Labute approximate surface area is 126 Å². The second-order valence-corrected chi connectivity index (χ2v) is 5.31. The summed E-state index contributed by atoms with van der Waals surface area (Å²) in [5.74, 6) is 0.550. The van der Waals surface area contributed by atoms with Gasteiger partial charge in [-0.1, -0.05) is 29.8 Å². The van der Waals surface area contributed by atoms with Crippen LogP contribution in [0.2, 0.25) is 0 Å². The molecule has 0 radical (unpaired) electrons. The lowest BCUT2D eigenvalue weighted by Crippen LogP contribution is -2.30. The number of aryl methyl sites for hydroxylation is 2. The van der Waals surface area contributed by atoms with E-state index < -0.39 is 6.10 Å². The SMILES string of the molecule is Cc1ccc(OC(C)C(=O)Nc2cccc(C)c2C)cc1. The van der Waals surface area contributed by atoms with Crippen molar-refractivity contribution in [2.24, 2.45) is 0 Å². The van der Waals surface area contributed by atoms with Gasteiger partial charge >= 0.3 is 0 Å². The number of carbonyl (C=O) groups excluding carboxylic acids is 1. The van der Waals surface area contributed by atoms with Gasteiger partial charge in [0.2, 0.25) is 0 Å². The highest BCUT2D eigenvalue weighted by Gasteiger charge is 2.15. The predicted molar refractivity (Wildman–Crippen MR) is 85.8 cm³/mol. The Morgan fingerprint density at radius 1 is 1.05 bits per heavy atom. The molecule has 0 bridgehead atoms. The van der Waals surface area contributed by atoms with Crippen LogP contribution in [0.25, 0.3) is 0 Å². The van der Waals surface area contributed by atoms with E-state index in [9.17, 15) is 4.79 Å². The summed E-state index contributed by atoms with van der Waals surface area (Å²) in [6.07, 6.45) is -0.549. The third-order valence-electron chi connectivity index (χ3n) is 3.57. The first kappa shape index (κ1) is 15.1. The van der Waals surface area contributed by atoms with Crippen LogP contribution in [0.5, 0.6) is 5.75 Å². The van der Waals surface area contributed by atoms with E-state index >= 15 is 0 Å². The largest absolute Gasteiger partial charge is 0.481 e. The summed E-state index contributed by atoms with van der Waals surface area (Å²) in [7, 11) is 0. The lowest BCUT2D eigenvalue weighted by Gasteiger charge is -2.16. The van der Waals surface area contributed by atoms with Crippen molar-refractivity contribution in [1.82, 2.24) is 0 Å². The van der Waals surface area contributed by atoms with Crippen molar-refractivity contribution < 1.29 is 9.53 Å². The van der Waals surface area contributed by atoms with Crippen molar-refractivity contribution >= 4 is 11.6 Å². The molecule has 0 saturated heterocycles. The Kier molecular flexibility index (Phi) is 4.63. The van der Waals surface area contributed by atoms with Gasteiger partial charge in [-0.15, -0.1) is 0 Å². The third kappa shape index (κ3) is 3.85. The maximum Gasteiger partial charge on any atom is 0.265 e. The molecule has 2 aromatic rings. The fourth-order valence-electron chi connectivity index (χ4n) is 2.00. The fraction of sp³-hybridized carbons (Fsp3) is 0.278. The van der Waals surface area contributed by atoms with Crippen LogP contribution < -0.4 is 10.1 Å². The number of hydrogen-bond acceptors (Lipinski definition) is 2. The van der Waals surface area contributed by atoms with Gasteiger partial charge in [-0.2, -0.15) is 0 Å². The van der Waals surface area contributed by atoms with Crippen molar-refractivity contribution in [2.75, 3.05) is 5.32 Å². The Balaban J connectivity index is 2.02. The van der Waals surface area contributed by atoms with E-state index in [-0.39, 0.29) is 5.91 Å². The van der Waals surface area contributed by atoms with Gasteiger partial charge in [0.25, 0.3) is 5.91 Å². The van der Waals surface area contributed by atoms with E-state index in [0.29, 0.717) is 5.75 Å². The number of carbonyl (C=O) groups is 1. The molecule has 0 spiro atoms. The van der Waals surface area contributed by atoms with Crippen LogP contribution in [-0.2, 0) is 4.79 Å². The van der Waals surface area contributed by atoms with Gasteiger partial charge in [0, 0.05) is 5.69 Å². The highest BCUT2D eigenvalue weighted by atomic mass is 16.5. The van der Waals surface area contributed by atoms with E-state index in [4.69, 9.17) is 4.74 Å². The van der Waals surface area contributed by atoms with Crippen LogP contribution in [0.15, 0.2) is 42.5 Å². The number of nitrogens with one attached hydrogen (secondary N) is 1. The van der Waals surface area contributed by atoms with Crippen molar-refractivity contribution in [3.05, 3.63) is 59.2 Å². The molecule has 110 valence electrons. The molecule has 0 aliphatic carbocycles. The van der Waals surface area contributed by atoms with E-state index in [1.165, 1.54) is 0 Å². The second kappa shape index (κ2) is 6.44. The molecule has 1 amide bonds. The monoisotopic (exact) mass is 283 g/mol. The molecule has 0 aromatic heterocycles. The highest BCUT2D eigenvalue weighted by Crippen LogP contribution is 2.19. The normalized spacial score (nSPS) is 11.8. The molecule has 1 unspecified atom stereocenters. The molecular formula is C18H21NO2. The van der Waals surface area contributed by atoms with Gasteiger partial charge in [-0.3, -0.25) is 4.79 Å². The van der Waals surface area contributed by atoms with Gasteiger partial charge in [0.1, 0.15) is 5.75 Å². The zero-order valence-electron chi connectivity index (χ0n) is 12.9. The predicted octanol–water partition coefficient (Wildman–Crippen LogP) is 4.02. The van der Waals surface area contributed by atoms with E-state index in [1.807, 2.05) is 63.2 Å². The number of rotatable bonds is 4. The first-order valence-electron chi connectivity index (χ1n) is 7.08. The Hall–Kier alpha value is -2.29. The summed E-state index contributed by atoms with van der Waals surface area (Å²) in [6, 6.07) is 13.5. The molecule has 2 aromatic carbocycles. The molecule has 1 N–H and O–H groups in total. The lowest BCUT2D eigenvalue weighted by atomic mass is 10.1. The Morgan fingerprint density at radius 2 is 1.71 bits per heavy atom. The van der Waals surface area contributed by atoms with Crippen molar-refractivity contribution in [2.45, 2.75) is 33.8 Å². The number of ether oxygens (including phenoxy) is 1. The summed E-state index contributed by atoms with van der Waals surface area (Å²) in [4.78, 5) is 12.2. The smallest absolute Gasteiger partial charge is 0.265 e. The molecule has 0 aliphatic heterocycles. The standard InChI is InChI=1S/C18H21NO2/c1-12-8-10-16(11-9-12)21-15(4)18(20)19-17-7-5-6-13(2)14(17)3/h5-11,15H,1-4H3,(H,19,20). The summed E-state index contributed by atoms with van der Waals surface area (Å²) < 4.78 is 5.66. The van der Waals surface area contributed by atoms with Crippen LogP contribution in [0.3, 0.4) is 0 Å². The molecule has 2 rings (SSSR count). The minimum atomic E-state index is -0.549. The molecular weight excluding hydrogens is 262 g/mol. The van der Waals surface area contributed by atoms with Crippen LogP contribution >= 0.6 is 0 Å². The van der Waals surface area contributed by atoms with Crippen molar-refractivity contribution in [3.8, 4) is 5.75 Å². The number of hydrogen-bond donors (Lipinski definition) is 1. The summed E-state index contributed by atoms with van der Waals surface area (Å²) >= 11 is 0. The van der Waals surface area contributed by atoms with Crippen molar-refractivity contribution in [1.29, 1.82) is 0 Å². The fourth-order valence-corrected chi connectivity index (χ4v) is 2.00. The molecule has 0 fully saturated rings. The van der Waals surface area contributed by atoms with E-state index in [1.54, 1.807) is 6.92 Å². The van der Waals surface area contributed by atoms with E-state index in [2.05, 4.69) is 5.32 Å².